The summed E-state index contributed by atoms with van der Waals surface area (Å²) in [6.45, 7) is 2.54. The fourth-order valence-electron chi connectivity index (χ4n) is 5.30. The molecule has 2 atom stereocenters. The average molecular weight is 500 g/mol. The Balaban J connectivity index is 1.26. The molecule has 2 aliphatic rings. The third-order valence-corrected chi connectivity index (χ3v) is 8.05. The number of nitrogens with zero attached hydrogens (tertiary/aromatic N) is 2. The van der Waals surface area contributed by atoms with Gasteiger partial charge in [0.2, 0.25) is 0 Å². The number of aliphatic hydroxyl groups is 1. The van der Waals surface area contributed by atoms with Crippen LogP contribution in [0.15, 0.2) is 42.5 Å². The van der Waals surface area contributed by atoms with Crippen LogP contribution < -0.4 is 15.0 Å². The maximum Gasteiger partial charge on any atom is 0.255 e. The first-order valence-corrected chi connectivity index (χ1v) is 12.5. The summed E-state index contributed by atoms with van der Waals surface area (Å²) in [6, 6.07) is 12.6. The lowest BCUT2D eigenvalue weighted by atomic mass is 9.89. The van der Waals surface area contributed by atoms with Crippen LogP contribution in [0.4, 0.5) is 5.69 Å². The number of piperidine rings is 1. The summed E-state index contributed by atoms with van der Waals surface area (Å²) in [7, 11) is 4.92. The first kappa shape index (κ1) is 25.3. The van der Waals surface area contributed by atoms with Crippen LogP contribution in [-0.4, -0.2) is 62.7 Å². The number of aliphatic hydroxyl groups excluding tert-OH is 1. The van der Waals surface area contributed by atoms with Crippen molar-refractivity contribution in [3.63, 3.8) is 0 Å². The molecule has 2 unspecified atom stereocenters. The van der Waals surface area contributed by atoms with Crippen molar-refractivity contribution >= 4 is 29.1 Å². The maximum atomic E-state index is 12.7. The monoisotopic (exact) mass is 499 g/mol. The lowest BCUT2D eigenvalue weighted by Crippen LogP contribution is -2.36. The number of methoxy groups -OCH3 is 1. The van der Waals surface area contributed by atoms with Crippen molar-refractivity contribution in [1.82, 2.24) is 10.2 Å². The smallest absolute Gasteiger partial charge is 0.255 e. The van der Waals surface area contributed by atoms with Crippen LogP contribution in [0, 0.1) is 11.3 Å². The number of hydrogen-bond acceptors (Lipinski definition) is 5. The van der Waals surface area contributed by atoms with Gasteiger partial charge in [0.1, 0.15) is 5.75 Å². The normalized spacial score (nSPS) is 19.2. The third kappa shape index (κ3) is 5.41. The number of rotatable bonds is 8. The van der Waals surface area contributed by atoms with Crippen molar-refractivity contribution in [2.45, 2.75) is 31.8 Å². The van der Waals surface area contributed by atoms with Gasteiger partial charge in [0, 0.05) is 39.4 Å². The fraction of sp³-hybridized carbons (Fsp3) is 0.481. The number of anilines is 1. The molecule has 188 valence electrons. The predicted octanol–water partition coefficient (Wildman–Crippen LogP) is 3.90. The molecule has 2 N–H and O–H groups in total. The van der Waals surface area contributed by atoms with Crippen LogP contribution in [-0.2, 0) is 4.79 Å². The Morgan fingerprint density at radius 2 is 2.00 bits per heavy atom. The summed E-state index contributed by atoms with van der Waals surface area (Å²) in [5.41, 5.74) is 2.44. The highest BCUT2D eigenvalue weighted by Crippen LogP contribution is 2.61. The first-order chi connectivity index (χ1) is 16.8. The Kier molecular flexibility index (Phi) is 7.57. The van der Waals surface area contributed by atoms with Crippen molar-refractivity contribution in [2.24, 2.45) is 11.3 Å². The zero-order chi connectivity index (χ0) is 25.2. The van der Waals surface area contributed by atoms with Gasteiger partial charge in [0.05, 0.1) is 17.7 Å². The van der Waals surface area contributed by atoms with Gasteiger partial charge in [-0.05, 0) is 72.9 Å². The molecule has 0 bridgehead atoms. The van der Waals surface area contributed by atoms with E-state index in [2.05, 4.69) is 10.2 Å². The van der Waals surface area contributed by atoms with E-state index in [9.17, 15) is 14.7 Å². The number of benzene rings is 2. The van der Waals surface area contributed by atoms with Gasteiger partial charge in [0.25, 0.3) is 11.8 Å². The van der Waals surface area contributed by atoms with Crippen LogP contribution in [0.3, 0.4) is 0 Å². The molecule has 35 heavy (non-hydrogen) atoms. The molecule has 7 nitrogen and oxygen atoms in total. The molecule has 1 heterocycles. The molecule has 2 fully saturated rings. The van der Waals surface area contributed by atoms with Gasteiger partial charge in [-0.2, -0.15) is 0 Å². The van der Waals surface area contributed by atoms with Gasteiger partial charge in [-0.3, -0.25) is 9.59 Å². The van der Waals surface area contributed by atoms with Gasteiger partial charge < -0.3 is 25.0 Å². The number of nitrogens with one attached hydrogen (secondary N) is 1. The van der Waals surface area contributed by atoms with Gasteiger partial charge in [-0.1, -0.05) is 23.7 Å². The Hall–Kier alpha value is -2.77. The standard InChI is InChI=1S/C27H34ClN3O4/c1-29-25(33)22-8-7-20(16-23(22)28)31-13-10-27(11-14-31)17-19(27)9-12-30(2)26(34)24(32)18-5-4-6-21(15-18)35-3/h4-8,15-16,19,24,32H,9-14,17H2,1-3H3,(H,29,33). The number of likely N-dealkylation sites (N-methyl/N-ethyl adjacent to an activating group) is 1. The van der Waals surface area contributed by atoms with Gasteiger partial charge in [0.15, 0.2) is 6.10 Å². The topological polar surface area (TPSA) is 82.1 Å². The van der Waals surface area contributed by atoms with E-state index in [1.807, 2.05) is 12.1 Å². The zero-order valence-electron chi connectivity index (χ0n) is 20.6. The predicted molar refractivity (Wildman–Crippen MR) is 137 cm³/mol. The SMILES string of the molecule is CNC(=O)c1ccc(N2CCC3(CC2)CC3CCN(C)C(=O)C(O)c2cccc(OC)c2)cc1Cl. The Bertz CT molecular complexity index is 1080. The zero-order valence-corrected chi connectivity index (χ0v) is 21.3. The van der Waals surface area contributed by atoms with Crippen molar-refractivity contribution < 1.29 is 19.4 Å². The molecular weight excluding hydrogens is 466 g/mol. The number of ether oxygens (including phenoxy) is 1. The van der Waals surface area contributed by atoms with Gasteiger partial charge >= 0.3 is 0 Å². The van der Waals surface area contributed by atoms with E-state index >= 15 is 0 Å². The molecule has 8 heteroatoms. The quantitative estimate of drug-likeness (QED) is 0.575. The summed E-state index contributed by atoms with van der Waals surface area (Å²) in [5, 5.41) is 13.6. The van der Waals surface area contributed by atoms with E-state index in [1.54, 1.807) is 56.4 Å². The minimum atomic E-state index is -1.19. The van der Waals surface area contributed by atoms with Crippen molar-refractivity contribution in [2.75, 3.05) is 45.7 Å². The van der Waals surface area contributed by atoms with E-state index in [4.69, 9.17) is 16.3 Å². The lowest BCUT2D eigenvalue weighted by Gasteiger charge is -2.35. The summed E-state index contributed by atoms with van der Waals surface area (Å²) in [5.74, 6) is 0.750. The number of amides is 2. The van der Waals surface area contributed by atoms with Crippen LogP contribution in [0.2, 0.25) is 5.02 Å². The van der Waals surface area contributed by atoms with E-state index in [1.165, 1.54) is 6.42 Å². The van der Waals surface area contributed by atoms with E-state index in [0.717, 1.165) is 38.0 Å². The molecule has 1 spiro atoms. The second-order valence-electron chi connectivity index (χ2n) is 9.72. The molecule has 2 aromatic rings. The Morgan fingerprint density at radius 3 is 2.66 bits per heavy atom. The van der Waals surface area contributed by atoms with Crippen molar-refractivity contribution in [3.05, 3.63) is 58.6 Å². The first-order valence-electron chi connectivity index (χ1n) is 12.1. The molecule has 0 aromatic heterocycles. The second kappa shape index (κ2) is 10.5. The molecule has 1 aliphatic carbocycles. The van der Waals surface area contributed by atoms with E-state index < -0.39 is 6.10 Å². The van der Waals surface area contributed by atoms with Crippen molar-refractivity contribution in [3.8, 4) is 5.75 Å². The van der Waals surface area contributed by atoms with Crippen LogP contribution in [0.1, 0.15) is 47.7 Å². The Morgan fingerprint density at radius 1 is 1.26 bits per heavy atom. The number of carbonyl (C=O) groups is 2. The van der Waals surface area contributed by atoms with E-state index in [-0.39, 0.29) is 11.8 Å². The minimum absolute atomic E-state index is 0.181. The molecule has 1 saturated heterocycles. The van der Waals surface area contributed by atoms with Gasteiger partial charge in [-0.15, -0.1) is 0 Å². The molecule has 4 rings (SSSR count). The average Bonchev–Trinajstić information content (AvgIpc) is 3.57. The van der Waals surface area contributed by atoms with Crippen LogP contribution >= 0.6 is 11.6 Å². The lowest BCUT2D eigenvalue weighted by molar-refractivity contribution is -0.139. The highest BCUT2D eigenvalue weighted by atomic mass is 35.5. The van der Waals surface area contributed by atoms with E-state index in [0.29, 0.717) is 39.8 Å². The van der Waals surface area contributed by atoms with Crippen molar-refractivity contribution in [1.29, 1.82) is 0 Å². The molecule has 2 amide bonds. The minimum Gasteiger partial charge on any atom is -0.497 e. The highest BCUT2D eigenvalue weighted by Gasteiger charge is 2.54. The molecule has 1 aliphatic heterocycles. The summed E-state index contributed by atoms with van der Waals surface area (Å²) < 4.78 is 5.20. The molecule has 1 saturated carbocycles. The summed E-state index contributed by atoms with van der Waals surface area (Å²) in [6.07, 6.45) is 3.16. The third-order valence-electron chi connectivity index (χ3n) is 7.74. The summed E-state index contributed by atoms with van der Waals surface area (Å²) in [4.78, 5) is 28.6. The molecular formula is C27H34ClN3O4. The van der Waals surface area contributed by atoms with Crippen LogP contribution in [0.25, 0.3) is 0 Å². The molecule has 0 radical (unpaired) electrons. The number of hydrogen-bond donors (Lipinski definition) is 2. The van der Waals surface area contributed by atoms with Crippen LogP contribution in [0.5, 0.6) is 5.75 Å². The molecule has 2 aromatic carbocycles. The van der Waals surface area contributed by atoms with Gasteiger partial charge in [-0.25, -0.2) is 0 Å². The fourth-order valence-corrected chi connectivity index (χ4v) is 5.57. The number of carbonyl (C=O) groups excluding carboxylic acids is 2. The maximum absolute atomic E-state index is 12.7. The number of halogens is 1. The highest BCUT2D eigenvalue weighted by molar-refractivity contribution is 6.34. The summed E-state index contributed by atoms with van der Waals surface area (Å²) >= 11 is 6.34. The second-order valence-corrected chi connectivity index (χ2v) is 10.1. The largest absolute Gasteiger partial charge is 0.497 e. The Labute approximate surface area is 212 Å².